The van der Waals surface area contributed by atoms with Crippen molar-refractivity contribution in [3.8, 4) is 0 Å². The molecule has 1 aromatic rings. The number of nitrogens with zero attached hydrogens (tertiary/aromatic N) is 1. The van der Waals surface area contributed by atoms with Crippen LogP contribution in [0, 0.1) is 20.8 Å². The maximum atomic E-state index is 12.2. The van der Waals surface area contributed by atoms with E-state index < -0.39 is 11.8 Å². The molecule has 0 radical (unpaired) electrons. The minimum Gasteiger partial charge on any atom is -0.383 e. The van der Waals surface area contributed by atoms with Crippen LogP contribution in [-0.2, 0) is 19.1 Å². The fourth-order valence-electron chi connectivity index (χ4n) is 2.38. The lowest BCUT2D eigenvalue weighted by molar-refractivity contribution is -0.139. The molecule has 0 spiro atoms. The third-order valence-electron chi connectivity index (χ3n) is 3.50. The Labute approximate surface area is 153 Å². The molecule has 3 amide bonds. The third kappa shape index (κ3) is 7.02. The third-order valence-corrected chi connectivity index (χ3v) is 3.50. The van der Waals surface area contributed by atoms with Crippen LogP contribution in [0.1, 0.15) is 30.0 Å². The van der Waals surface area contributed by atoms with Crippen LogP contribution in [0.2, 0.25) is 0 Å². The normalized spacial score (nSPS) is 11.0. The predicted octanol–water partition coefficient (Wildman–Crippen LogP) is 1.20. The number of anilines is 1. The first kappa shape index (κ1) is 21.3. The highest BCUT2D eigenvalue weighted by Crippen LogP contribution is 2.22. The first-order valence-electron chi connectivity index (χ1n) is 8.22. The molecule has 3 N–H and O–H groups in total. The topological polar surface area (TPSA) is 109 Å². The number of hydrazone groups is 1. The Bertz CT molecular complexity index is 690. The Balaban J connectivity index is 2.55. The van der Waals surface area contributed by atoms with Gasteiger partial charge in [-0.05, 0) is 38.8 Å². The van der Waals surface area contributed by atoms with E-state index in [4.69, 9.17) is 4.74 Å². The molecule has 0 aliphatic heterocycles. The Morgan fingerprint density at radius 2 is 1.69 bits per heavy atom. The van der Waals surface area contributed by atoms with Gasteiger partial charge in [0.2, 0.25) is 5.91 Å². The molecule has 0 aliphatic rings. The summed E-state index contributed by atoms with van der Waals surface area (Å²) in [6, 6.07) is 3.98. The predicted molar refractivity (Wildman–Crippen MR) is 100 cm³/mol. The molecule has 0 saturated heterocycles. The number of hydrogen-bond acceptors (Lipinski definition) is 5. The number of hydrogen-bond donors (Lipinski definition) is 3. The van der Waals surface area contributed by atoms with Crippen molar-refractivity contribution in [2.45, 2.75) is 34.1 Å². The molecule has 0 bridgehead atoms. The fourth-order valence-corrected chi connectivity index (χ4v) is 2.38. The summed E-state index contributed by atoms with van der Waals surface area (Å²) in [5.41, 5.74) is 6.36. The second-order valence-corrected chi connectivity index (χ2v) is 6.04. The van der Waals surface area contributed by atoms with Gasteiger partial charge >= 0.3 is 11.8 Å². The highest BCUT2D eigenvalue weighted by molar-refractivity contribution is 6.35. The van der Waals surface area contributed by atoms with Crippen LogP contribution in [0.3, 0.4) is 0 Å². The molecule has 8 heteroatoms. The second kappa shape index (κ2) is 10.3. The summed E-state index contributed by atoms with van der Waals surface area (Å²) in [6.07, 6.45) is -0.00166. The van der Waals surface area contributed by atoms with Gasteiger partial charge in [-0.3, -0.25) is 14.4 Å². The largest absolute Gasteiger partial charge is 0.383 e. The fraction of sp³-hybridized carbons (Fsp3) is 0.444. The van der Waals surface area contributed by atoms with Gasteiger partial charge in [0.25, 0.3) is 0 Å². The molecule has 142 valence electrons. The van der Waals surface area contributed by atoms with Crippen LogP contribution < -0.4 is 16.1 Å². The molecule has 0 unspecified atom stereocenters. The minimum atomic E-state index is -0.897. The van der Waals surface area contributed by atoms with Crippen molar-refractivity contribution >= 4 is 29.1 Å². The lowest BCUT2D eigenvalue weighted by atomic mass is 10.0. The van der Waals surface area contributed by atoms with E-state index in [1.807, 2.05) is 32.9 Å². The van der Waals surface area contributed by atoms with E-state index in [2.05, 4.69) is 21.2 Å². The molecule has 1 rings (SSSR count). The number of amides is 3. The number of benzene rings is 1. The summed E-state index contributed by atoms with van der Waals surface area (Å²) in [5.74, 6) is -1.96. The van der Waals surface area contributed by atoms with Gasteiger partial charge in [-0.25, -0.2) is 5.43 Å². The van der Waals surface area contributed by atoms with Crippen LogP contribution in [0.4, 0.5) is 5.69 Å². The zero-order chi connectivity index (χ0) is 19.7. The van der Waals surface area contributed by atoms with E-state index in [1.54, 1.807) is 6.92 Å². The van der Waals surface area contributed by atoms with Crippen molar-refractivity contribution in [2.75, 3.05) is 25.6 Å². The van der Waals surface area contributed by atoms with Crippen molar-refractivity contribution < 1.29 is 19.1 Å². The highest BCUT2D eigenvalue weighted by atomic mass is 16.5. The summed E-state index contributed by atoms with van der Waals surface area (Å²) >= 11 is 0. The first-order chi connectivity index (χ1) is 12.2. The van der Waals surface area contributed by atoms with Gasteiger partial charge in [-0.15, -0.1) is 0 Å². The summed E-state index contributed by atoms with van der Waals surface area (Å²) < 4.78 is 4.77. The van der Waals surface area contributed by atoms with Crippen molar-refractivity contribution in [1.29, 1.82) is 0 Å². The van der Waals surface area contributed by atoms with E-state index in [0.29, 0.717) is 12.3 Å². The maximum absolute atomic E-state index is 12.2. The van der Waals surface area contributed by atoms with Crippen LogP contribution in [0.15, 0.2) is 17.2 Å². The number of ether oxygens (including phenoxy) is 1. The van der Waals surface area contributed by atoms with E-state index in [1.165, 1.54) is 7.11 Å². The van der Waals surface area contributed by atoms with E-state index in [0.717, 1.165) is 22.4 Å². The number of methoxy groups -OCH3 is 1. The average molecular weight is 362 g/mol. The molecule has 0 atom stereocenters. The van der Waals surface area contributed by atoms with Crippen LogP contribution in [0.25, 0.3) is 0 Å². The quantitative estimate of drug-likeness (QED) is 0.293. The van der Waals surface area contributed by atoms with Gasteiger partial charge in [0.05, 0.1) is 13.0 Å². The van der Waals surface area contributed by atoms with E-state index >= 15 is 0 Å². The molecule has 1 aromatic carbocycles. The first-order valence-corrected chi connectivity index (χ1v) is 8.22. The summed E-state index contributed by atoms with van der Waals surface area (Å²) in [5, 5.41) is 9.01. The molecular formula is C18H26N4O4. The minimum absolute atomic E-state index is 0.00166. The summed E-state index contributed by atoms with van der Waals surface area (Å²) in [4.78, 5) is 35.2. The van der Waals surface area contributed by atoms with Gasteiger partial charge < -0.3 is 15.4 Å². The van der Waals surface area contributed by atoms with Crippen molar-refractivity contribution in [3.05, 3.63) is 28.8 Å². The van der Waals surface area contributed by atoms with E-state index in [-0.39, 0.29) is 18.9 Å². The second-order valence-electron chi connectivity index (χ2n) is 6.04. The Morgan fingerprint density at radius 3 is 2.27 bits per heavy atom. The number of carbonyl (C=O) groups is 3. The van der Waals surface area contributed by atoms with Crippen LogP contribution in [0.5, 0.6) is 0 Å². The molecule has 8 nitrogen and oxygen atoms in total. The number of nitrogens with one attached hydrogen (secondary N) is 3. The van der Waals surface area contributed by atoms with Gasteiger partial charge in [-0.2, -0.15) is 5.10 Å². The zero-order valence-corrected chi connectivity index (χ0v) is 15.9. The van der Waals surface area contributed by atoms with Gasteiger partial charge in [-0.1, -0.05) is 17.7 Å². The Kier molecular flexibility index (Phi) is 8.44. The zero-order valence-electron chi connectivity index (χ0n) is 15.9. The van der Waals surface area contributed by atoms with Crippen molar-refractivity contribution in [1.82, 2.24) is 10.7 Å². The van der Waals surface area contributed by atoms with Gasteiger partial charge in [0, 0.05) is 25.1 Å². The van der Waals surface area contributed by atoms with Crippen molar-refractivity contribution in [3.63, 3.8) is 0 Å². The lowest BCUT2D eigenvalue weighted by Gasteiger charge is -2.12. The molecule has 0 saturated carbocycles. The van der Waals surface area contributed by atoms with Gasteiger partial charge in [0.15, 0.2) is 0 Å². The maximum Gasteiger partial charge on any atom is 0.329 e. The summed E-state index contributed by atoms with van der Waals surface area (Å²) in [6.45, 7) is 7.98. The number of rotatable bonds is 7. The number of aryl methyl sites for hydroxylation is 3. The summed E-state index contributed by atoms with van der Waals surface area (Å²) in [7, 11) is 1.49. The van der Waals surface area contributed by atoms with Crippen LogP contribution >= 0.6 is 0 Å². The van der Waals surface area contributed by atoms with E-state index in [9.17, 15) is 14.4 Å². The monoisotopic (exact) mass is 362 g/mol. The molecule has 0 heterocycles. The van der Waals surface area contributed by atoms with Crippen molar-refractivity contribution in [2.24, 2.45) is 5.10 Å². The standard InChI is InChI=1S/C18H26N4O4/c1-11-8-12(2)16(13(3)9-11)20-15(23)10-14(4)21-22-18(25)17(24)19-6-7-26-5/h8-9H,6-7,10H2,1-5H3,(H,19,24)(H,20,23)(H,22,25)/b21-14+. The molecule has 26 heavy (non-hydrogen) atoms. The Hall–Kier alpha value is -2.74. The smallest absolute Gasteiger partial charge is 0.329 e. The average Bonchev–Trinajstić information content (AvgIpc) is 2.56. The number of carbonyl (C=O) groups excluding carboxylic acids is 3. The molecule has 0 aromatic heterocycles. The van der Waals surface area contributed by atoms with Crippen LogP contribution in [-0.4, -0.2) is 43.7 Å². The SMILES string of the molecule is COCCNC(=O)C(=O)N/N=C(\C)CC(=O)Nc1c(C)cc(C)cc1C. The molecular weight excluding hydrogens is 336 g/mol. The highest BCUT2D eigenvalue weighted by Gasteiger charge is 2.13. The Morgan fingerprint density at radius 1 is 1.08 bits per heavy atom. The molecule has 0 fully saturated rings. The lowest BCUT2D eigenvalue weighted by Crippen LogP contribution is -2.39. The molecule has 0 aliphatic carbocycles. The van der Waals surface area contributed by atoms with Gasteiger partial charge in [0.1, 0.15) is 0 Å².